The Morgan fingerprint density at radius 3 is 2.43 bits per heavy atom. The molecule has 0 fully saturated rings. The van der Waals surface area contributed by atoms with Gasteiger partial charge in [-0.3, -0.25) is 14.5 Å². The van der Waals surface area contributed by atoms with Crippen LogP contribution in [0.5, 0.6) is 0 Å². The van der Waals surface area contributed by atoms with Crippen LogP contribution < -0.4 is 11.1 Å². The van der Waals surface area contributed by atoms with Gasteiger partial charge in [-0.2, -0.15) is 19.0 Å². The molecule has 2 aliphatic carbocycles. The first-order chi connectivity index (χ1) is 22.8. The molecule has 1 aromatic carbocycles. The lowest BCUT2D eigenvalue weighted by molar-refractivity contribution is -0.122. The average Bonchev–Trinajstić information content (AvgIpc) is 3.48. The molecule has 3 aliphatic rings. The molecule has 2 unspecified atom stereocenters. The molecule has 1 aliphatic heterocycles. The lowest BCUT2D eigenvalue weighted by Crippen LogP contribution is -2.41. The summed E-state index contributed by atoms with van der Waals surface area (Å²) in [6.07, 6.45) is -0.873. The molecule has 5 rings (SSSR count). The van der Waals surface area contributed by atoms with Crippen molar-refractivity contribution in [2.45, 2.75) is 62.1 Å². The van der Waals surface area contributed by atoms with Crippen molar-refractivity contribution in [2.24, 2.45) is 27.7 Å². The second-order valence-electron chi connectivity index (χ2n) is 12.5. The van der Waals surface area contributed by atoms with Crippen molar-refractivity contribution >= 4 is 29.1 Å². The molecule has 4 N–H and O–H groups in total. The Labute approximate surface area is 282 Å². The number of carbonyl (C=O) groups excluding carboxylic acids is 1. The minimum absolute atomic E-state index is 0.0574. The smallest absolute Gasteiger partial charge is 0.296 e. The maximum absolute atomic E-state index is 15.3. The van der Waals surface area contributed by atoms with Crippen LogP contribution in [0.25, 0.3) is 0 Å². The number of nitrogens with one attached hydrogen (secondary N) is 1. The predicted octanol–water partition coefficient (Wildman–Crippen LogP) is 4.89. The number of amides is 1. The Kier molecular flexibility index (Phi) is 9.52. The average molecular weight is 708 g/mol. The molecule has 0 saturated heterocycles. The minimum atomic E-state index is -3.56. The molecule has 2 heterocycles. The van der Waals surface area contributed by atoms with E-state index in [1.54, 1.807) is 7.05 Å². The van der Waals surface area contributed by atoms with E-state index in [2.05, 4.69) is 45.5 Å². The van der Waals surface area contributed by atoms with Gasteiger partial charge in [-0.25, -0.2) is 22.6 Å². The molecule has 0 bridgehead atoms. The van der Waals surface area contributed by atoms with Gasteiger partial charge in [-0.05, 0) is 43.9 Å². The molecule has 1 amide bonds. The Morgan fingerprint density at radius 1 is 1.24 bits per heavy atom. The number of aromatic nitrogens is 2. The van der Waals surface area contributed by atoms with Crippen LogP contribution in [0, 0.1) is 35.3 Å². The maximum atomic E-state index is 15.3. The summed E-state index contributed by atoms with van der Waals surface area (Å²) in [5.74, 6) is -4.07. The van der Waals surface area contributed by atoms with E-state index < -0.39 is 82.6 Å². The van der Waals surface area contributed by atoms with Crippen LogP contribution in [0.1, 0.15) is 48.7 Å². The molecule has 9 nitrogen and oxygen atoms in total. The first kappa shape index (κ1) is 35.7. The SMILES string of the molecule is C=C(/N=C(/C#CC(C)(C)O)C(Cl)C1C(=C)N(C)N=C1N)[C@H](Cc1cc(F)cc(F)c1)NC(=O)Cn1nc(C(F)F)c2c1C(F)(F)[C@@H]1C=C[C@H]21. The zero-order chi connectivity index (χ0) is 36.2. The number of rotatable bonds is 10. The second-order valence-corrected chi connectivity index (χ2v) is 13.0. The van der Waals surface area contributed by atoms with Gasteiger partial charge in [-0.1, -0.05) is 31.2 Å². The van der Waals surface area contributed by atoms with Crippen LogP contribution >= 0.6 is 11.6 Å². The van der Waals surface area contributed by atoms with Gasteiger partial charge in [0.15, 0.2) is 0 Å². The van der Waals surface area contributed by atoms with E-state index >= 15 is 8.78 Å². The van der Waals surface area contributed by atoms with E-state index in [4.69, 9.17) is 17.3 Å². The standard InChI is InChI=1S/C33H32ClF6N7O2/c1-15(42-22(8-9-32(3,4)49)27(34)25-16(2)46(5)45-31(25)41)23(12-17-10-18(35)13-19(36)11-17)43-24(48)14-47-29-26(28(44-47)30(37)38)20-6-7-21(20)33(29,39)40/h6-7,10-11,13,20-21,23,25,27,30,49H,1-2,12,14H2,3-5H3,(H2,41,45)(H,43,48)/b42-22-/t20-,21+,23-,25?,27?/m0/s1. The van der Waals surface area contributed by atoms with Gasteiger partial charge < -0.3 is 16.2 Å². The topological polar surface area (TPSA) is 121 Å². The number of alkyl halides is 5. The van der Waals surface area contributed by atoms with E-state index in [0.717, 1.165) is 12.1 Å². The highest BCUT2D eigenvalue weighted by Crippen LogP contribution is 2.59. The van der Waals surface area contributed by atoms with Crippen LogP contribution in [-0.2, 0) is 23.7 Å². The zero-order valence-corrected chi connectivity index (χ0v) is 27.2. The van der Waals surface area contributed by atoms with Crippen LogP contribution in [0.3, 0.4) is 0 Å². The lowest BCUT2D eigenvalue weighted by Gasteiger charge is -2.27. The number of aliphatic hydroxyl groups is 1. The number of amidine groups is 1. The molecular formula is C33H32ClF6N7O2. The summed E-state index contributed by atoms with van der Waals surface area (Å²) in [4.78, 5) is 17.9. The zero-order valence-electron chi connectivity index (χ0n) is 26.5. The van der Waals surface area contributed by atoms with E-state index in [1.807, 2.05) is 0 Å². The molecule has 260 valence electrons. The highest BCUT2D eigenvalue weighted by atomic mass is 35.5. The number of carbonyl (C=O) groups is 1. The quantitative estimate of drug-likeness (QED) is 0.107. The number of hydrogen-bond acceptors (Lipinski definition) is 7. The second kappa shape index (κ2) is 13.1. The Hall–Kier alpha value is -4.55. The molecule has 0 saturated carbocycles. The van der Waals surface area contributed by atoms with Gasteiger partial charge in [0.1, 0.15) is 46.7 Å². The van der Waals surface area contributed by atoms with Crippen molar-refractivity contribution in [3.8, 4) is 11.8 Å². The number of benzene rings is 1. The number of aliphatic imine (C=N–C) groups is 1. The normalized spacial score (nSPS) is 22.2. The van der Waals surface area contributed by atoms with E-state index in [1.165, 1.54) is 31.0 Å². The molecule has 16 heteroatoms. The molecule has 5 atom stereocenters. The number of fused-ring (bicyclic) bond motifs is 3. The van der Waals surface area contributed by atoms with Crippen molar-refractivity contribution in [3.05, 3.63) is 89.1 Å². The van der Waals surface area contributed by atoms with Crippen LogP contribution in [0.4, 0.5) is 26.3 Å². The van der Waals surface area contributed by atoms with E-state index in [9.17, 15) is 27.5 Å². The first-order valence-corrected chi connectivity index (χ1v) is 15.3. The van der Waals surface area contributed by atoms with Crippen LogP contribution in [0.15, 0.2) is 65.0 Å². The van der Waals surface area contributed by atoms with E-state index in [0.29, 0.717) is 16.4 Å². The van der Waals surface area contributed by atoms with Crippen molar-refractivity contribution in [2.75, 3.05) is 7.05 Å². The summed E-state index contributed by atoms with van der Waals surface area (Å²) in [5, 5.41) is 20.9. The van der Waals surface area contributed by atoms with Gasteiger partial charge in [0.05, 0.1) is 29.0 Å². The summed E-state index contributed by atoms with van der Waals surface area (Å²) in [6, 6.07) is 1.39. The Bertz CT molecular complexity index is 1850. The fourth-order valence-corrected chi connectivity index (χ4v) is 6.29. The lowest BCUT2D eigenvalue weighted by atomic mass is 9.81. The third-order valence-corrected chi connectivity index (χ3v) is 8.73. The highest BCUT2D eigenvalue weighted by Gasteiger charge is 2.60. The largest absolute Gasteiger partial charge is 0.385 e. The third kappa shape index (κ3) is 7.11. The Balaban J connectivity index is 1.50. The van der Waals surface area contributed by atoms with Crippen molar-refractivity contribution in [1.29, 1.82) is 0 Å². The number of halogens is 7. The summed E-state index contributed by atoms with van der Waals surface area (Å²) in [6.45, 7) is 9.77. The third-order valence-electron chi connectivity index (χ3n) is 8.27. The molecule has 1 aromatic heterocycles. The predicted molar refractivity (Wildman–Crippen MR) is 171 cm³/mol. The van der Waals surface area contributed by atoms with E-state index in [-0.39, 0.29) is 34.8 Å². The van der Waals surface area contributed by atoms with Crippen LogP contribution in [0.2, 0.25) is 0 Å². The summed E-state index contributed by atoms with van der Waals surface area (Å²) >= 11 is 6.80. The van der Waals surface area contributed by atoms with Gasteiger partial charge in [0.2, 0.25) is 5.91 Å². The highest BCUT2D eigenvalue weighted by molar-refractivity contribution is 6.37. The fraction of sp³-hybridized carbons (Fsp3) is 0.394. The van der Waals surface area contributed by atoms with Crippen molar-refractivity contribution in [1.82, 2.24) is 20.1 Å². The van der Waals surface area contributed by atoms with Crippen LogP contribution in [-0.4, -0.2) is 61.4 Å². The molecule has 49 heavy (non-hydrogen) atoms. The van der Waals surface area contributed by atoms with Gasteiger partial charge in [0, 0.05) is 30.3 Å². The van der Waals surface area contributed by atoms with Crippen molar-refractivity contribution < 1.29 is 36.2 Å². The summed E-state index contributed by atoms with van der Waals surface area (Å²) in [5.41, 5.74) is 2.86. The summed E-state index contributed by atoms with van der Waals surface area (Å²) in [7, 11) is 1.59. The summed E-state index contributed by atoms with van der Waals surface area (Å²) < 4.78 is 87.2. The number of nitrogens with two attached hydrogens (primary N) is 1. The number of hydrazone groups is 1. The molecular weight excluding hydrogens is 676 g/mol. The number of nitrogens with zero attached hydrogens (tertiary/aromatic N) is 5. The van der Waals surface area contributed by atoms with Crippen molar-refractivity contribution in [3.63, 3.8) is 0 Å². The number of hydrogen-bond donors (Lipinski definition) is 3. The maximum Gasteiger partial charge on any atom is 0.296 e. The number of allylic oxidation sites excluding steroid dienone is 2. The first-order valence-electron chi connectivity index (χ1n) is 14.9. The monoisotopic (exact) mass is 707 g/mol. The molecule has 0 radical (unpaired) electrons. The Morgan fingerprint density at radius 2 is 1.90 bits per heavy atom. The van der Waals surface area contributed by atoms with Gasteiger partial charge >= 0.3 is 0 Å². The van der Waals surface area contributed by atoms with Gasteiger partial charge in [-0.15, -0.1) is 11.6 Å². The molecule has 0 spiro atoms. The molecule has 2 aromatic rings. The fourth-order valence-electron chi connectivity index (χ4n) is 5.91. The minimum Gasteiger partial charge on any atom is -0.385 e. The van der Waals surface area contributed by atoms with Gasteiger partial charge in [0.25, 0.3) is 12.3 Å².